The molecule has 0 atom stereocenters. The SMILES string of the molecule is COc1cc(-c2cccc(C(F)(F)F)c2)nc2ccccc12. The largest absolute Gasteiger partial charge is 0.496 e. The first kappa shape index (κ1) is 14.4. The second-order valence-corrected chi connectivity index (χ2v) is 4.81. The lowest BCUT2D eigenvalue weighted by atomic mass is 10.1. The summed E-state index contributed by atoms with van der Waals surface area (Å²) in [6.45, 7) is 0. The number of nitrogens with zero attached hydrogens (tertiary/aromatic N) is 1. The van der Waals surface area contributed by atoms with Crippen molar-refractivity contribution in [3.8, 4) is 17.0 Å². The van der Waals surface area contributed by atoms with Gasteiger partial charge in [0.2, 0.25) is 0 Å². The number of ether oxygens (including phenoxy) is 1. The van der Waals surface area contributed by atoms with E-state index in [9.17, 15) is 13.2 Å². The average Bonchev–Trinajstić information content (AvgIpc) is 2.53. The molecule has 5 heteroatoms. The first-order valence-corrected chi connectivity index (χ1v) is 6.60. The molecular formula is C17H12F3NO. The molecule has 0 aliphatic rings. The third kappa shape index (κ3) is 2.62. The lowest BCUT2D eigenvalue weighted by Gasteiger charge is -2.11. The number of fused-ring (bicyclic) bond motifs is 1. The number of rotatable bonds is 2. The van der Waals surface area contributed by atoms with Gasteiger partial charge in [0.15, 0.2) is 0 Å². The third-order valence-electron chi connectivity index (χ3n) is 3.38. The van der Waals surface area contributed by atoms with Gasteiger partial charge in [0, 0.05) is 17.0 Å². The molecule has 0 N–H and O–H groups in total. The van der Waals surface area contributed by atoms with Gasteiger partial charge < -0.3 is 4.74 Å². The summed E-state index contributed by atoms with van der Waals surface area (Å²) in [5, 5.41) is 0.820. The molecule has 112 valence electrons. The Labute approximate surface area is 125 Å². The molecule has 3 aromatic rings. The van der Waals surface area contributed by atoms with Gasteiger partial charge in [0.1, 0.15) is 5.75 Å². The minimum Gasteiger partial charge on any atom is -0.496 e. The number of para-hydroxylation sites is 1. The van der Waals surface area contributed by atoms with Gasteiger partial charge in [-0.1, -0.05) is 24.3 Å². The van der Waals surface area contributed by atoms with E-state index in [0.29, 0.717) is 22.5 Å². The van der Waals surface area contributed by atoms with Crippen LogP contribution in [-0.4, -0.2) is 12.1 Å². The van der Waals surface area contributed by atoms with Crippen molar-refractivity contribution in [2.45, 2.75) is 6.18 Å². The number of alkyl halides is 3. The molecule has 1 aromatic heterocycles. The zero-order chi connectivity index (χ0) is 15.7. The molecule has 0 aliphatic heterocycles. The van der Waals surface area contributed by atoms with Crippen LogP contribution in [0.5, 0.6) is 5.75 Å². The minimum absolute atomic E-state index is 0.402. The van der Waals surface area contributed by atoms with Crippen LogP contribution in [0.4, 0.5) is 13.2 Å². The van der Waals surface area contributed by atoms with E-state index in [4.69, 9.17) is 4.74 Å². The normalized spacial score (nSPS) is 11.6. The topological polar surface area (TPSA) is 22.1 Å². The van der Waals surface area contributed by atoms with Crippen LogP contribution in [-0.2, 0) is 6.18 Å². The van der Waals surface area contributed by atoms with E-state index in [1.165, 1.54) is 13.2 Å². The smallest absolute Gasteiger partial charge is 0.416 e. The molecule has 0 spiro atoms. The molecular weight excluding hydrogens is 291 g/mol. The Morgan fingerprint density at radius 3 is 2.45 bits per heavy atom. The van der Waals surface area contributed by atoms with Crippen LogP contribution in [0, 0.1) is 0 Å². The fourth-order valence-corrected chi connectivity index (χ4v) is 2.32. The molecule has 0 saturated heterocycles. The minimum atomic E-state index is -4.38. The van der Waals surface area contributed by atoms with Gasteiger partial charge in [0.25, 0.3) is 0 Å². The summed E-state index contributed by atoms with van der Waals surface area (Å²) in [6.07, 6.45) is -4.38. The number of halogens is 3. The summed E-state index contributed by atoms with van der Waals surface area (Å²) in [4.78, 5) is 4.43. The van der Waals surface area contributed by atoms with Crippen molar-refractivity contribution in [2.24, 2.45) is 0 Å². The van der Waals surface area contributed by atoms with Gasteiger partial charge in [-0.15, -0.1) is 0 Å². The highest BCUT2D eigenvalue weighted by Gasteiger charge is 2.30. The zero-order valence-electron chi connectivity index (χ0n) is 11.7. The molecule has 3 rings (SSSR count). The van der Waals surface area contributed by atoms with E-state index >= 15 is 0 Å². The van der Waals surface area contributed by atoms with Crippen LogP contribution in [0.15, 0.2) is 54.6 Å². The second kappa shape index (κ2) is 5.33. The van der Waals surface area contributed by atoms with Gasteiger partial charge in [-0.3, -0.25) is 0 Å². The van der Waals surface area contributed by atoms with Crippen molar-refractivity contribution < 1.29 is 17.9 Å². The summed E-state index contributed by atoms with van der Waals surface area (Å²) in [5.74, 6) is 0.581. The Bertz CT molecular complexity index is 827. The highest BCUT2D eigenvalue weighted by molar-refractivity contribution is 5.87. The lowest BCUT2D eigenvalue weighted by molar-refractivity contribution is -0.137. The van der Waals surface area contributed by atoms with Crippen molar-refractivity contribution in [3.05, 3.63) is 60.2 Å². The number of aromatic nitrogens is 1. The highest BCUT2D eigenvalue weighted by Crippen LogP contribution is 2.34. The predicted octanol–water partition coefficient (Wildman–Crippen LogP) is 4.93. The molecule has 0 amide bonds. The molecule has 2 aromatic carbocycles. The number of benzene rings is 2. The van der Waals surface area contributed by atoms with Gasteiger partial charge in [0.05, 0.1) is 23.9 Å². The van der Waals surface area contributed by atoms with E-state index in [0.717, 1.165) is 17.5 Å². The molecule has 2 nitrogen and oxygen atoms in total. The van der Waals surface area contributed by atoms with Crippen molar-refractivity contribution in [2.75, 3.05) is 7.11 Å². The standard InChI is InChI=1S/C17H12F3NO/c1-22-16-10-15(21-14-8-3-2-7-13(14)16)11-5-4-6-12(9-11)17(18,19)20/h2-10H,1H3. The summed E-state index contributed by atoms with van der Waals surface area (Å²) < 4.78 is 43.8. The van der Waals surface area contributed by atoms with Crippen LogP contribution in [0.3, 0.4) is 0 Å². The molecule has 0 saturated carbocycles. The molecule has 0 fully saturated rings. The molecule has 22 heavy (non-hydrogen) atoms. The Kier molecular flexibility index (Phi) is 3.48. The first-order valence-electron chi connectivity index (χ1n) is 6.60. The van der Waals surface area contributed by atoms with Crippen molar-refractivity contribution in [1.82, 2.24) is 4.98 Å². The van der Waals surface area contributed by atoms with Crippen molar-refractivity contribution in [1.29, 1.82) is 0 Å². The molecule has 1 heterocycles. The Morgan fingerprint density at radius 1 is 0.955 bits per heavy atom. The zero-order valence-corrected chi connectivity index (χ0v) is 11.7. The maximum absolute atomic E-state index is 12.8. The van der Waals surface area contributed by atoms with Crippen LogP contribution < -0.4 is 4.74 Å². The molecule has 0 unspecified atom stereocenters. The van der Waals surface area contributed by atoms with Crippen LogP contribution in [0.2, 0.25) is 0 Å². The summed E-state index contributed by atoms with van der Waals surface area (Å²) in [7, 11) is 1.53. The van der Waals surface area contributed by atoms with E-state index in [2.05, 4.69) is 4.98 Å². The van der Waals surface area contributed by atoms with E-state index < -0.39 is 11.7 Å². The van der Waals surface area contributed by atoms with Gasteiger partial charge in [-0.25, -0.2) is 4.98 Å². The second-order valence-electron chi connectivity index (χ2n) is 4.81. The summed E-state index contributed by atoms with van der Waals surface area (Å²) >= 11 is 0. The van der Waals surface area contributed by atoms with Crippen molar-refractivity contribution in [3.63, 3.8) is 0 Å². The first-order chi connectivity index (χ1) is 10.5. The molecule has 0 bridgehead atoms. The highest BCUT2D eigenvalue weighted by atomic mass is 19.4. The van der Waals surface area contributed by atoms with Crippen LogP contribution in [0.1, 0.15) is 5.56 Å². The fourth-order valence-electron chi connectivity index (χ4n) is 2.32. The quantitative estimate of drug-likeness (QED) is 0.669. The fraction of sp³-hybridized carbons (Fsp3) is 0.118. The number of hydrogen-bond donors (Lipinski definition) is 0. The van der Waals surface area contributed by atoms with E-state index in [1.54, 1.807) is 18.2 Å². The Morgan fingerprint density at radius 2 is 1.73 bits per heavy atom. The Hall–Kier alpha value is -2.56. The lowest BCUT2D eigenvalue weighted by Crippen LogP contribution is -2.04. The van der Waals surface area contributed by atoms with Gasteiger partial charge >= 0.3 is 6.18 Å². The van der Waals surface area contributed by atoms with E-state index in [-0.39, 0.29) is 0 Å². The average molecular weight is 303 g/mol. The van der Waals surface area contributed by atoms with Crippen molar-refractivity contribution >= 4 is 10.9 Å². The summed E-state index contributed by atoms with van der Waals surface area (Å²) in [6, 6.07) is 14.1. The van der Waals surface area contributed by atoms with Crippen LogP contribution in [0.25, 0.3) is 22.2 Å². The van der Waals surface area contributed by atoms with E-state index in [1.807, 2.05) is 18.2 Å². The van der Waals surface area contributed by atoms with Crippen LogP contribution >= 0.6 is 0 Å². The van der Waals surface area contributed by atoms with Gasteiger partial charge in [-0.2, -0.15) is 13.2 Å². The monoisotopic (exact) mass is 303 g/mol. The molecule has 0 radical (unpaired) electrons. The Balaban J connectivity index is 2.18. The number of methoxy groups -OCH3 is 1. The molecule has 0 aliphatic carbocycles. The summed E-state index contributed by atoms with van der Waals surface area (Å²) in [5.41, 5.74) is 0.828. The maximum Gasteiger partial charge on any atom is 0.416 e. The number of pyridine rings is 1. The third-order valence-corrected chi connectivity index (χ3v) is 3.38. The maximum atomic E-state index is 12.8. The predicted molar refractivity (Wildman–Crippen MR) is 78.7 cm³/mol. The van der Waals surface area contributed by atoms with Gasteiger partial charge in [-0.05, 0) is 24.3 Å². The number of hydrogen-bond acceptors (Lipinski definition) is 2.